The van der Waals surface area contributed by atoms with Gasteiger partial charge in [-0.05, 0) is 43.5 Å². The number of carbonyl (C=O) groups is 1. The monoisotopic (exact) mass is 307 g/mol. The van der Waals surface area contributed by atoms with Gasteiger partial charge in [-0.2, -0.15) is 0 Å². The lowest BCUT2D eigenvalue weighted by molar-refractivity contribution is -0.120. The molecule has 0 unspecified atom stereocenters. The summed E-state index contributed by atoms with van der Waals surface area (Å²) in [5.41, 5.74) is 10.5. The Morgan fingerprint density at radius 1 is 1.26 bits per heavy atom. The number of nitrogens with two attached hydrogens (primary N) is 1. The maximum atomic E-state index is 11.9. The summed E-state index contributed by atoms with van der Waals surface area (Å²) in [6, 6.07) is 13.7. The first-order valence-corrected chi connectivity index (χ1v) is 7.86. The Hall–Kier alpha value is -2.62. The van der Waals surface area contributed by atoms with E-state index in [0.29, 0.717) is 29.4 Å². The minimum absolute atomic E-state index is 0.0327. The summed E-state index contributed by atoms with van der Waals surface area (Å²) in [5, 5.41) is 11.4. The first kappa shape index (κ1) is 15.3. The number of nitrogen functional groups attached to an aromatic ring is 1. The van der Waals surface area contributed by atoms with Crippen molar-refractivity contribution in [3.63, 3.8) is 0 Å². The molecule has 0 aliphatic heterocycles. The Bertz CT molecular complexity index is 763. The molecule has 0 bridgehead atoms. The average molecular weight is 307 g/mol. The van der Waals surface area contributed by atoms with E-state index < -0.39 is 0 Å². The Labute approximate surface area is 136 Å². The lowest BCUT2D eigenvalue weighted by atomic mass is 9.97. The first-order valence-electron chi connectivity index (χ1n) is 7.86. The molecule has 3 rings (SSSR count). The molecule has 0 radical (unpaired) electrons. The summed E-state index contributed by atoms with van der Waals surface area (Å²) in [7, 11) is 0. The van der Waals surface area contributed by atoms with Crippen LogP contribution in [0.4, 0.5) is 5.69 Å². The minimum atomic E-state index is 0.0327. The summed E-state index contributed by atoms with van der Waals surface area (Å²) in [6.07, 6.45) is 2.48. The van der Waals surface area contributed by atoms with E-state index in [1.54, 1.807) is 6.07 Å². The van der Waals surface area contributed by atoms with Crippen LogP contribution in [-0.4, -0.2) is 17.7 Å². The highest BCUT2D eigenvalue weighted by molar-refractivity contribution is 6.14. The highest BCUT2D eigenvalue weighted by Crippen LogP contribution is 2.21. The molecule has 1 fully saturated rings. The Morgan fingerprint density at radius 3 is 2.74 bits per heavy atom. The van der Waals surface area contributed by atoms with E-state index in [0.717, 1.165) is 29.5 Å². The molecule has 1 amide bonds. The predicted octanol–water partition coefficient (Wildman–Crippen LogP) is 2.81. The largest absolute Gasteiger partial charge is 0.398 e. The van der Waals surface area contributed by atoms with Crippen LogP contribution in [0.1, 0.15) is 35.1 Å². The number of carbonyl (C=O) groups excluding carboxylic acids is 1. The van der Waals surface area contributed by atoms with Crippen molar-refractivity contribution in [1.82, 2.24) is 5.32 Å². The molecule has 4 nitrogen and oxygen atoms in total. The van der Waals surface area contributed by atoms with Crippen LogP contribution in [0.15, 0.2) is 42.5 Å². The Kier molecular flexibility index (Phi) is 4.15. The van der Waals surface area contributed by atoms with Crippen LogP contribution in [0.2, 0.25) is 0 Å². The molecule has 1 saturated carbocycles. The quantitative estimate of drug-likeness (QED) is 0.586. The van der Waals surface area contributed by atoms with Gasteiger partial charge in [0.05, 0.1) is 12.1 Å². The van der Waals surface area contributed by atoms with Crippen molar-refractivity contribution in [1.29, 1.82) is 5.41 Å². The predicted molar refractivity (Wildman–Crippen MR) is 92.8 cm³/mol. The standard InChI is InChI=1S/C19H21N3O/c1-12-3-2-4-14(9-12)19(21)16-10-13(5-8-17(16)20)11-18(23)22-15-6-7-15/h2-5,8-10,15,21H,6-7,11,20H2,1H3,(H,22,23). The van der Waals surface area contributed by atoms with Crippen molar-refractivity contribution < 1.29 is 4.79 Å². The summed E-state index contributed by atoms with van der Waals surface area (Å²) in [6.45, 7) is 2.00. The van der Waals surface area contributed by atoms with Gasteiger partial charge >= 0.3 is 0 Å². The molecule has 0 spiro atoms. The summed E-state index contributed by atoms with van der Waals surface area (Å²) < 4.78 is 0. The zero-order valence-electron chi connectivity index (χ0n) is 13.2. The second-order valence-electron chi connectivity index (χ2n) is 6.18. The lowest BCUT2D eigenvalue weighted by Gasteiger charge is -2.11. The fourth-order valence-electron chi connectivity index (χ4n) is 2.58. The van der Waals surface area contributed by atoms with E-state index in [2.05, 4.69) is 5.32 Å². The number of hydrogen-bond acceptors (Lipinski definition) is 3. The van der Waals surface area contributed by atoms with Crippen LogP contribution in [0.25, 0.3) is 0 Å². The molecule has 118 valence electrons. The third-order valence-electron chi connectivity index (χ3n) is 4.00. The van der Waals surface area contributed by atoms with Crippen LogP contribution in [0, 0.1) is 12.3 Å². The number of anilines is 1. The maximum absolute atomic E-state index is 11.9. The number of aryl methyl sites for hydroxylation is 1. The summed E-state index contributed by atoms with van der Waals surface area (Å²) >= 11 is 0. The molecule has 0 saturated heterocycles. The van der Waals surface area contributed by atoms with Crippen molar-refractivity contribution in [2.75, 3.05) is 5.73 Å². The van der Waals surface area contributed by atoms with Gasteiger partial charge in [-0.3, -0.25) is 10.2 Å². The van der Waals surface area contributed by atoms with Gasteiger partial charge in [-0.1, -0.05) is 29.8 Å². The van der Waals surface area contributed by atoms with E-state index >= 15 is 0 Å². The van der Waals surface area contributed by atoms with Crippen LogP contribution in [-0.2, 0) is 11.2 Å². The number of nitrogens with one attached hydrogen (secondary N) is 2. The third kappa shape index (κ3) is 3.77. The minimum Gasteiger partial charge on any atom is -0.398 e. The van der Waals surface area contributed by atoms with Crippen molar-refractivity contribution >= 4 is 17.3 Å². The first-order chi connectivity index (χ1) is 11.0. The van der Waals surface area contributed by atoms with Crippen LogP contribution < -0.4 is 11.1 Å². The average Bonchev–Trinajstić information content (AvgIpc) is 3.32. The van der Waals surface area contributed by atoms with E-state index in [1.807, 2.05) is 43.3 Å². The van der Waals surface area contributed by atoms with Crippen molar-refractivity contribution in [3.8, 4) is 0 Å². The Morgan fingerprint density at radius 2 is 2.04 bits per heavy atom. The zero-order chi connectivity index (χ0) is 16.4. The van der Waals surface area contributed by atoms with Gasteiger partial charge in [0.1, 0.15) is 0 Å². The Balaban J connectivity index is 1.82. The SMILES string of the molecule is Cc1cccc(C(=N)c2cc(CC(=O)NC3CC3)ccc2N)c1. The highest BCUT2D eigenvalue weighted by Gasteiger charge is 2.23. The normalized spacial score (nSPS) is 13.6. The molecule has 0 aromatic heterocycles. The van der Waals surface area contributed by atoms with E-state index in [9.17, 15) is 4.79 Å². The van der Waals surface area contributed by atoms with E-state index in [4.69, 9.17) is 11.1 Å². The van der Waals surface area contributed by atoms with Gasteiger partial charge in [-0.15, -0.1) is 0 Å². The van der Waals surface area contributed by atoms with Gasteiger partial charge in [0.25, 0.3) is 0 Å². The molecular formula is C19H21N3O. The number of rotatable bonds is 5. The number of benzene rings is 2. The number of hydrogen-bond donors (Lipinski definition) is 3. The molecule has 23 heavy (non-hydrogen) atoms. The second-order valence-corrected chi connectivity index (χ2v) is 6.18. The van der Waals surface area contributed by atoms with Crippen LogP contribution >= 0.6 is 0 Å². The zero-order valence-corrected chi connectivity index (χ0v) is 13.2. The van der Waals surface area contributed by atoms with Crippen LogP contribution in [0.3, 0.4) is 0 Å². The van der Waals surface area contributed by atoms with Crippen LogP contribution in [0.5, 0.6) is 0 Å². The summed E-state index contributed by atoms with van der Waals surface area (Å²) in [5.74, 6) is 0.0327. The molecule has 4 N–H and O–H groups in total. The smallest absolute Gasteiger partial charge is 0.224 e. The lowest BCUT2D eigenvalue weighted by Crippen LogP contribution is -2.27. The van der Waals surface area contributed by atoms with Gasteiger partial charge in [0, 0.05) is 22.9 Å². The van der Waals surface area contributed by atoms with Gasteiger partial charge in [-0.25, -0.2) is 0 Å². The molecule has 1 aliphatic rings. The maximum Gasteiger partial charge on any atom is 0.224 e. The molecule has 0 heterocycles. The highest BCUT2D eigenvalue weighted by atomic mass is 16.1. The van der Waals surface area contributed by atoms with Crippen molar-refractivity contribution in [2.24, 2.45) is 0 Å². The third-order valence-corrected chi connectivity index (χ3v) is 4.00. The molecule has 1 aliphatic carbocycles. The topological polar surface area (TPSA) is 79.0 Å². The molecule has 2 aromatic carbocycles. The molecular weight excluding hydrogens is 286 g/mol. The fraction of sp³-hybridized carbons (Fsp3) is 0.263. The summed E-state index contributed by atoms with van der Waals surface area (Å²) in [4.78, 5) is 11.9. The van der Waals surface area contributed by atoms with Gasteiger partial charge in [0.15, 0.2) is 0 Å². The molecule has 4 heteroatoms. The van der Waals surface area contributed by atoms with Crippen molar-refractivity contribution in [2.45, 2.75) is 32.2 Å². The molecule has 2 aromatic rings. The van der Waals surface area contributed by atoms with Gasteiger partial charge in [0.2, 0.25) is 5.91 Å². The molecule has 0 atom stereocenters. The number of amides is 1. The van der Waals surface area contributed by atoms with E-state index in [-0.39, 0.29) is 5.91 Å². The van der Waals surface area contributed by atoms with Gasteiger partial charge < -0.3 is 11.1 Å². The fourth-order valence-corrected chi connectivity index (χ4v) is 2.58. The van der Waals surface area contributed by atoms with Crippen molar-refractivity contribution in [3.05, 3.63) is 64.7 Å². The van der Waals surface area contributed by atoms with E-state index in [1.165, 1.54) is 0 Å². The second kappa shape index (κ2) is 6.24.